The summed E-state index contributed by atoms with van der Waals surface area (Å²) in [5.74, 6) is -0.0465. The fourth-order valence-corrected chi connectivity index (χ4v) is 1.62. The van der Waals surface area contributed by atoms with Gasteiger partial charge in [-0.25, -0.2) is 0 Å². The van der Waals surface area contributed by atoms with Crippen LogP contribution in [0.5, 0.6) is 0 Å². The number of nitrogens with zero attached hydrogens (tertiary/aromatic N) is 2. The average molecular weight is 212 g/mol. The molecule has 0 bridgehead atoms. The first-order valence-corrected chi connectivity index (χ1v) is 4.91. The third kappa shape index (κ3) is 1.52. The fourth-order valence-electron chi connectivity index (χ4n) is 1.62. The number of hydrogen-bond acceptors (Lipinski definition) is 1. The second-order valence-electron chi connectivity index (χ2n) is 3.30. The van der Waals surface area contributed by atoms with Crippen molar-refractivity contribution in [3.8, 4) is 0 Å². The Morgan fingerprint density at radius 3 is 1.81 bits per heavy atom. The first-order valence-electron chi connectivity index (χ1n) is 4.91. The van der Waals surface area contributed by atoms with Crippen molar-refractivity contribution in [2.75, 3.05) is 0 Å². The number of aromatic nitrogens is 2. The van der Waals surface area contributed by atoms with Gasteiger partial charge in [-0.15, -0.1) is 0 Å². The van der Waals surface area contributed by atoms with Crippen LogP contribution in [0.2, 0.25) is 0 Å². The quantitative estimate of drug-likeness (QED) is 0.716. The van der Waals surface area contributed by atoms with E-state index >= 15 is 0 Å². The van der Waals surface area contributed by atoms with Gasteiger partial charge in [-0.1, -0.05) is 13.2 Å². The minimum Gasteiger partial charge on any atom is -0.321 e. The Morgan fingerprint density at radius 2 is 1.44 bits per heavy atom. The van der Waals surface area contributed by atoms with Gasteiger partial charge in [0.15, 0.2) is 0 Å². The van der Waals surface area contributed by atoms with Gasteiger partial charge >= 0.3 is 0 Å². The van der Waals surface area contributed by atoms with Gasteiger partial charge in [-0.05, 0) is 24.3 Å². The molecule has 2 aromatic heterocycles. The molecule has 80 valence electrons. The lowest BCUT2D eigenvalue weighted by atomic mass is 10.2. The Hall–Kier alpha value is -2.29. The molecule has 0 saturated carbocycles. The van der Waals surface area contributed by atoms with Gasteiger partial charge in [-0.2, -0.15) is 0 Å². The molecule has 3 heteroatoms. The average Bonchev–Trinajstić information content (AvgIpc) is 2.96. The molecule has 0 radical (unpaired) electrons. The van der Waals surface area contributed by atoms with E-state index in [1.54, 1.807) is 46.1 Å². The van der Waals surface area contributed by atoms with Crippen LogP contribution in [0.25, 0.3) is 12.4 Å². The highest BCUT2D eigenvalue weighted by Crippen LogP contribution is 2.12. The van der Waals surface area contributed by atoms with Crippen molar-refractivity contribution in [2.24, 2.45) is 0 Å². The molecule has 0 saturated heterocycles. The van der Waals surface area contributed by atoms with Crippen molar-refractivity contribution in [1.29, 1.82) is 0 Å². The Kier molecular flexibility index (Phi) is 2.60. The largest absolute Gasteiger partial charge is 0.321 e. The molecule has 0 atom stereocenters. The predicted octanol–water partition coefficient (Wildman–Crippen LogP) is 2.72. The summed E-state index contributed by atoms with van der Waals surface area (Å²) in [7, 11) is 0. The Labute approximate surface area is 93.9 Å². The Bertz CT molecular complexity index is 498. The zero-order valence-corrected chi connectivity index (χ0v) is 8.84. The smallest absolute Gasteiger partial charge is 0.226 e. The topological polar surface area (TPSA) is 26.9 Å². The van der Waals surface area contributed by atoms with Crippen LogP contribution in [0.3, 0.4) is 0 Å². The summed E-state index contributed by atoms with van der Waals surface area (Å²) in [6.45, 7) is 7.31. The number of rotatable bonds is 4. The summed E-state index contributed by atoms with van der Waals surface area (Å²) in [5.41, 5.74) is 1.19. The number of ketones is 1. The SMILES string of the molecule is C=Cn1cccc1C(=O)c1cccn1C=C. The zero-order valence-electron chi connectivity index (χ0n) is 8.84. The van der Waals surface area contributed by atoms with Gasteiger partial charge in [0, 0.05) is 24.8 Å². The highest BCUT2D eigenvalue weighted by Gasteiger charge is 2.14. The Morgan fingerprint density at radius 1 is 1.00 bits per heavy atom. The fraction of sp³-hybridized carbons (Fsp3) is 0. The van der Waals surface area contributed by atoms with Crippen LogP contribution in [0.1, 0.15) is 16.2 Å². The maximum atomic E-state index is 12.2. The van der Waals surface area contributed by atoms with E-state index in [1.807, 2.05) is 12.1 Å². The van der Waals surface area contributed by atoms with Crippen molar-refractivity contribution in [2.45, 2.75) is 0 Å². The molecule has 2 rings (SSSR count). The maximum absolute atomic E-state index is 12.2. The summed E-state index contributed by atoms with van der Waals surface area (Å²) < 4.78 is 3.39. The number of hydrogen-bond donors (Lipinski definition) is 0. The molecule has 0 N–H and O–H groups in total. The van der Waals surface area contributed by atoms with Crippen LogP contribution in [0.15, 0.2) is 49.8 Å². The highest BCUT2D eigenvalue weighted by molar-refractivity contribution is 6.07. The summed E-state index contributed by atoms with van der Waals surface area (Å²) in [6.07, 6.45) is 6.80. The van der Waals surface area contributed by atoms with Gasteiger partial charge in [0.05, 0.1) is 11.4 Å². The van der Waals surface area contributed by atoms with Crippen molar-refractivity contribution < 1.29 is 4.79 Å². The summed E-state index contributed by atoms with van der Waals surface area (Å²) in [6, 6.07) is 7.17. The first-order chi connectivity index (χ1) is 7.77. The third-order valence-corrected chi connectivity index (χ3v) is 2.42. The summed E-state index contributed by atoms with van der Waals surface area (Å²) >= 11 is 0. The lowest BCUT2D eigenvalue weighted by Crippen LogP contribution is -2.09. The van der Waals surface area contributed by atoms with E-state index in [-0.39, 0.29) is 5.78 Å². The molecule has 0 amide bonds. The third-order valence-electron chi connectivity index (χ3n) is 2.42. The van der Waals surface area contributed by atoms with Crippen LogP contribution >= 0.6 is 0 Å². The van der Waals surface area contributed by atoms with Crippen LogP contribution in [-0.2, 0) is 0 Å². The van der Waals surface area contributed by atoms with Crippen LogP contribution < -0.4 is 0 Å². The van der Waals surface area contributed by atoms with Gasteiger partial charge in [0.1, 0.15) is 0 Å². The first kappa shape index (κ1) is 10.2. The van der Waals surface area contributed by atoms with Crippen molar-refractivity contribution in [1.82, 2.24) is 9.13 Å². The monoisotopic (exact) mass is 212 g/mol. The van der Waals surface area contributed by atoms with Crippen molar-refractivity contribution >= 4 is 18.2 Å². The van der Waals surface area contributed by atoms with E-state index in [0.717, 1.165) is 0 Å². The molecule has 0 aliphatic carbocycles. The van der Waals surface area contributed by atoms with E-state index < -0.39 is 0 Å². The predicted molar refractivity (Wildman–Crippen MR) is 65.1 cm³/mol. The molecule has 0 fully saturated rings. The maximum Gasteiger partial charge on any atom is 0.226 e. The van der Waals surface area contributed by atoms with Gasteiger partial charge in [0.25, 0.3) is 0 Å². The second-order valence-corrected chi connectivity index (χ2v) is 3.30. The van der Waals surface area contributed by atoms with Gasteiger partial charge < -0.3 is 9.13 Å². The van der Waals surface area contributed by atoms with Crippen LogP contribution in [0.4, 0.5) is 0 Å². The molecular weight excluding hydrogens is 200 g/mol. The highest BCUT2D eigenvalue weighted by atomic mass is 16.1. The molecule has 0 aromatic carbocycles. The molecule has 16 heavy (non-hydrogen) atoms. The molecule has 0 aliphatic heterocycles. The van der Waals surface area contributed by atoms with Crippen molar-refractivity contribution in [3.05, 3.63) is 61.2 Å². The molecule has 0 aliphatic rings. The second kappa shape index (κ2) is 4.06. The lowest BCUT2D eigenvalue weighted by molar-refractivity contribution is 0.102. The van der Waals surface area contributed by atoms with E-state index in [2.05, 4.69) is 13.2 Å². The lowest BCUT2D eigenvalue weighted by Gasteiger charge is -2.04. The normalized spacial score (nSPS) is 10.0. The molecule has 3 nitrogen and oxygen atoms in total. The summed E-state index contributed by atoms with van der Waals surface area (Å²) in [5, 5.41) is 0. The molecule has 0 spiro atoms. The van der Waals surface area contributed by atoms with E-state index in [1.165, 1.54) is 0 Å². The number of carbonyl (C=O) groups excluding carboxylic acids is 1. The summed E-state index contributed by atoms with van der Waals surface area (Å²) in [4.78, 5) is 12.2. The minimum absolute atomic E-state index is 0.0465. The van der Waals surface area contributed by atoms with E-state index in [4.69, 9.17) is 0 Å². The molecule has 0 unspecified atom stereocenters. The molecule has 2 aromatic rings. The Balaban J connectivity index is 2.47. The van der Waals surface area contributed by atoms with Crippen LogP contribution in [0, 0.1) is 0 Å². The molecule has 2 heterocycles. The van der Waals surface area contributed by atoms with Gasteiger partial charge in [-0.3, -0.25) is 4.79 Å². The zero-order chi connectivity index (χ0) is 11.5. The standard InChI is InChI=1S/C13H12N2O/c1-3-14-9-5-7-11(14)13(16)12-8-6-10-15(12)4-2/h3-10H,1-2H2. The van der Waals surface area contributed by atoms with Crippen LogP contribution in [-0.4, -0.2) is 14.9 Å². The number of carbonyl (C=O) groups is 1. The van der Waals surface area contributed by atoms with E-state index in [0.29, 0.717) is 11.4 Å². The minimum atomic E-state index is -0.0465. The van der Waals surface area contributed by atoms with Crippen molar-refractivity contribution in [3.63, 3.8) is 0 Å². The van der Waals surface area contributed by atoms with Gasteiger partial charge in [0.2, 0.25) is 5.78 Å². The molecular formula is C13H12N2O. The van der Waals surface area contributed by atoms with E-state index in [9.17, 15) is 4.79 Å².